The van der Waals surface area contributed by atoms with Crippen LogP contribution in [0.5, 0.6) is 0 Å². The molecule has 1 fully saturated rings. The van der Waals surface area contributed by atoms with Crippen LogP contribution in [-0.4, -0.2) is 42.0 Å². The first-order chi connectivity index (χ1) is 12.2. The average molecular weight is 342 g/mol. The zero-order valence-corrected chi connectivity index (χ0v) is 14.9. The van der Waals surface area contributed by atoms with Gasteiger partial charge in [-0.3, -0.25) is 9.48 Å². The van der Waals surface area contributed by atoms with Crippen LogP contribution in [0.25, 0.3) is 0 Å². The first-order valence-corrected chi connectivity index (χ1v) is 8.92. The first-order valence-electron chi connectivity index (χ1n) is 8.92. The lowest BCUT2D eigenvalue weighted by molar-refractivity contribution is 0.0940. The van der Waals surface area contributed by atoms with Gasteiger partial charge in [0.05, 0.1) is 24.5 Å². The van der Waals surface area contributed by atoms with Crippen molar-refractivity contribution in [2.24, 2.45) is 0 Å². The second kappa shape index (κ2) is 8.16. The van der Waals surface area contributed by atoms with E-state index in [0.717, 1.165) is 44.6 Å². The normalized spacial score (nSPS) is 16.8. The van der Waals surface area contributed by atoms with Crippen molar-refractivity contribution in [3.8, 4) is 0 Å². The van der Waals surface area contributed by atoms with Crippen LogP contribution in [-0.2, 0) is 11.3 Å². The SMILES string of the molecule is CCCN(C)c1ccc(C(=O)Nc2cnn(C[C@@H]3CCCO3)c2)cc1. The summed E-state index contributed by atoms with van der Waals surface area (Å²) in [5, 5.41) is 7.20. The number of amides is 1. The Hall–Kier alpha value is -2.34. The number of aromatic nitrogens is 2. The number of carbonyl (C=O) groups excluding carboxylic acids is 1. The lowest BCUT2D eigenvalue weighted by Gasteiger charge is -2.18. The van der Waals surface area contributed by atoms with Gasteiger partial charge in [0.25, 0.3) is 5.91 Å². The fourth-order valence-electron chi connectivity index (χ4n) is 3.06. The Morgan fingerprint density at radius 2 is 2.20 bits per heavy atom. The minimum absolute atomic E-state index is 0.124. The maximum Gasteiger partial charge on any atom is 0.255 e. The number of nitrogens with one attached hydrogen (secondary N) is 1. The monoisotopic (exact) mass is 342 g/mol. The molecule has 1 N–H and O–H groups in total. The second-order valence-corrected chi connectivity index (χ2v) is 6.51. The predicted molar refractivity (Wildman–Crippen MR) is 99.2 cm³/mol. The fourth-order valence-corrected chi connectivity index (χ4v) is 3.06. The maximum atomic E-state index is 12.4. The fraction of sp³-hybridized carbons (Fsp3) is 0.474. The van der Waals surface area contributed by atoms with Crippen LogP contribution in [0.1, 0.15) is 36.5 Å². The molecule has 2 aromatic rings. The van der Waals surface area contributed by atoms with E-state index in [9.17, 15) is 4.79 Å². The van der Waals surface area contributed by atoms with Crippen LogP contribution >= 0.6 is 0 Å². The largest absolute Gasteiger partial charge is 0.376 e. The van der Waals surface area contributed by atoms with Crippen molar-refractivity contribution in [2.75, 3.05) is 30.4 Å². The van der Waals surface area contributed by atoms with Gasteiger partial charge < -0.3 is 15.0 Å². The highest BCUT2D eigenvalue weighted by molar-refractivity contribution is 6.04. The third kappa shape index (κ3) is 4.60. The van der Waals surface area contributed by atoms with Crippen LogP contribution < -0.4 is 10.2 Å². The number of anilines is 2. The summed E-state index contributed by atoms with van der Waals surface area (Å²) in [6.45, 7) is 4.71. The number of ether oxygens (including phenoxy) is 1. The van der Waals surface area contributed by atoms with E-state index < -0.39 is 0 Å². The molecule has 1 atom stereocenters. The molecule has 0 saturated carbocycles. The highest BCUT2D eigenvalue weighted by atomic mass is 16.5. The van der Waals surface area contributed by atoms with Crippen molar-refractivity contribution in [1.82, 2.24) is 9.78 Å². The molecular weight excluding hydrogens is 316 g/mol. The molecular formula is C19H26N4O2. The van der Waals surface area contributed by atoms with Crippen LogP contribution in [0.3, 0.4) is 0 Å². The Balaban J connectivity index is 1.57. The Labute approximate surface area is 148 Å². The second-order valence-electron chi connectivity index (χ2n) is 6.51. The first kappa shape index (κ1) is 17.5. The Kier molecular flexibility index (Phi) is 5.71. The van der Waals surface area contributed by atoms with E-state index in [1.165, 1.54) is 0 Å². The standard InChI is InChI=1S/C19H26N4O2/c1-3-10-22(2)17-8-6-15(7-9-17)19(24)21-16-12-20-23(13-16)14-18-5-4-11-25-18/h6-9,12-13,18H,3-5,10-11,14H2,1-2H3,(H,21,24)/t18-/m0/s1. The molecule has 134 valence electrons. The number of benzene rings is 1. The van der Waals surface area contributed by atoms with Gasteiger partial charge in [0.1, 0.15) is 0 Å². The molecule has 6 nitrogen and oxygen atoms in total. The number of nitrogens with zero attached hydrogens (tertiary/aromatic N) is 3. The van der Waals surface area contributed by atoms with E-state index in [2.05, 4.69) is 29.3 Å². The van der Waals surface area contributed by atoms with Crippen molar-refractivity contribution in [3.63, 3.8) is 0 Å². The van der Waals surface area contributed by atoms with Gasteiger partial charge in [0, 0.05) is 37.6 Å². The maximum absolute atomic E-state index is 12.4. The van der Waals surface area contributed by atoms with Gasteiger partial charge in [-0.15, -0.1) is 0 Å². The van der Waals surface area contributed by atoms with Gasteiger partial charge in [-0.2, -0.15) is 5.10 Å². The molecule has 3 rings (SSSR count). The summed E-state index contributed by atoms with van der Waals surface area (Å²) in [6.07, 6.45) is 7.03. The number of rotatable bonds is 7. The molecule has 2 heterocycles. The van der Waals surface area contributed by atoms with Gasteiger partial charge in [-0.1, -0.05) is 6.92 Å². The van der Waals surface area contributed by atoms with Gasteiger partial charge in [-0.25, -0.2) is 0 Å². The summed E-state index contributed by atoms with van der Waals surface area (Å²) in [7, 11) is 2.06. The lowest BCUT2D eigenvalue weighted by Crippen LogP contribution is -2.18. The summed E-state index contributed by atoms with van der Waals surface area (Å²) >= 11 is 0. The van der Waals surface area contributed by atoms with E-state index in [1.54, 1.807) is 6.20 Å². The molecule has 1 aliphatic rings. The smallest absolute Gasteiger partial charge is 0.255 e. The molecule has 1 aromatic heterocycles. The molecule has 0 radical (unpaired) electrons. The number of carbonyl (C=O) groups is 1. The highest BCUT2D eigenvalue weighted by Gasteiger charge is 2.16. The summed E-state index contributed by atoms with van der Waals surface area (Å²) in [4.78, 5) is 14.6. The van der Waals surface area contributed by atoms with Crippen molar-refractivity contribution >= 4 is 17.3 Å². The minimum Gasteiger partial charge on any atom is -0.376 e. The summed E-state index contributed by atoms with van der Waals surface area (Å²) < 4.78 is 7.44. The zero-order chi connectivity index (χ0) is 17.6. The van der Waals surface area contributed by atoms with Gasteiger partial charge in [0.2, 0.25) is 0 Å². The number of hydrogen-bond donors (Lipinski definition) is 1. The Bertz CT molecular complexity index is 690. The van der Waals surface area contributed by atoms with E-state index in [-0.39, 0.29) is 12.0 Å². The van der Waals surface area contributed by atoms with Crippen molar-refractivity contribution in [2.45, 2.75) is 38.8 Å². The molecule has 6 heteroatoms. The Morgan fingerprint density at radius 1 is 1.40 bits per heavy atom. The quantitative estimate of drug-likeness (QED) is 0.840. The molecule has 0 unspecified atom stereocenters. The van der Waals surface area contributed by atoms with Crippen LogP contribution in [0.2, 0.25) is 0 Å². The van der Waals surface area contributed by atoms with E-state index in [4.69, 9.17) is 4.74 Å². The van der Waals surface area contributed by atoms with Crippen LogP contribution in [0.4, 0.5) is 11.4 Å². The highest BCUT2D eigenvalue weighted by Crippen LogP contribution is 2.17. The molecule has 0 spiro atoms. The molecule has 1 aliphatic heterocycles. The molecule has 1 amide bonds. The predicted octanol–water partition coefficient (Wildman–Crippen LogP) is 3.16. The third-order valence-corrected chi connectivity index (χ3v) is 4.44. The Morgan fingerprint density at radius 3 is 2.88 bits per heavy atom. The van der Waals surface area contributed by atoms with Gasteiger partial charge in [0.15, 0.2) is 0 Å². The molecule has 1 aromatic carbocycles. The number of hydrogen-bond acceptors (Lipinski definition) is 4. The van der Waals surface area contributed by atoms with Crippen LogP contribution in [0.15, 0.2) is 36.7 Å². The van der Waals surface area contributed by atoms with Gasteiger partial charge >= 0.3 is 0 Å². The molecule has 25 heavy (non-hydrogen) atoms. The summed E-state index contributed by atoms with van der Waals surface area (Å²) in [6, 6.07) is 7.66. The summed E-state index contributed by atoms with van der Waals surface area (Å²) in [5.74, 6) is -0.124. The zero-order valence-electron chi connectivity index (χ0n) is 14.9. The van der Waals surface area contributed by atoms with E-state index in [0.29, 0.717) is 11.3 Å². The average Bonchev–Trinajstić information content (AvgIpc) is 3.28. The van der Waals surface area contributed by atoms with Crippen LogP contribution in [0, 0.1) is 0 Å². The lowest BCUT2D eigenvalue weighted by atomic mass is 10.2. The topological polar surface area (TPSA) is 59.4 Å². The third-order valence-electron chi connectivity index (χ3n) is 4.44. The van der Waals surface area contributed by atoms with E-state index >= 15 is 0 Å². The van der Waals surface area contributed by atoms with Crippen molar-refractivity contribution in [1.29, 1.82) is 0 Å². The van der Waals surface area contributed by atoms with Crippen molar-refractivity contribution < 1.29 is 9.53 Å². The minimum atomic E-state index is -0.124. The van der Waals surface area contributed by atoms with Gasteiger partial charge in [-0.05, 0) is 43.5 Å². The molecule has 0 aliphatic carbocycles. The molecule has 1 saturated heterocycles. The summed E-state index contributed by atoms with van der Waals surface area (Å²) in [5.41, 5.74) is 2.46. The van der Waals surface area contributed by atoms with E-state index in [1.807, 2.05) is 35.1 Å². The molecule has 0 bridgehead atoms. The van der Waals surface area contributed by atoms with Crippen molar-refractivity contribution in [3.05, 3.63) is 42.2 Å².